The van der Waals surface area contributed by atoms with Crippen molar-refractivity contribution < 1.29 is 13.2 Å². The summed E-state index contributed by atoms with van der Waals surface area (Å²) in [4.78, 5) is 10.9. The first-order chi connectivity index (χ1) is 6.85. The van der Waals surface area contributed by atoms with Crippen molar-refractivity contribution in [2.24, 2.45) is 5.73 Å². The number of carbonyl (C=O) groups excluding carboxylic acids is 1. The maximum atomic E-state index is 11.6. The molecule has 0 saturated carbocycles. The number of nitrogens with zero attached hydrogens (tertiary/aromatic N) is 1. The Bertz CT molecular complexity index is 463. The van der Waals surface area contributed by atoms with Gasteiger partial charge in [0.15, 0.2) is 0 Å². The molecule has 0 aliphatic heterocycles. The van der Waals surface area contributed by atoms with Gasteiger partial charge >= 0.3 is 0 Å². The van der Waals surface area contributed by atoms with Crippen molar-refractivity contribution in [2.45, 2.75) is 4.90 Å². The molecule has 0 spiro atoms. The number of amides is 1. The first-order valence-electron chi connectivity index (χ1n) is 4.18. The molecule has 0 aliphatic carbocycles. The molecule has 0 unspecified atom stereocenters. The van der Waals surface area contributed by atoms with Crippen molar-refractivity contribution in [1.29, 1.82) is 0 Å². The Balaban J connectivity index is 3.15. The van der Waals surface area contributed by atoms with Gasteiger partial charge in [0, 0.05) is 19.7 Å². The van der Waals surface area contributed by atoms with Crippen molar-refractivity contribution in [3.05, 3.63) is 29.8 Å². The fourth-order valence-corrected chi connectivity index (χ4v) is 1.90. The summed E-state index contributed by atoms with van der Waals surface area (Å²) in [6.45, 7) is 0. The number of benzene rings is 1. The zero-order chi connectivity index (χ0) is 11.6. The molecule has 15 heavy (non-hydrogen) atoms. The van der Waals surface area contributed by atoms with E-state index in [0.29, 0.717) is 0 Å². The van der Waals surface area contributed by atoms with Crippen LogP contribution in [0.3, 0.4) is 0 Å². The van der Waals surface area contributed by atoms with E-state index in [1.807, 2.05) is 0 Å². The van der Waals surface area contributed by atoms with E-state index in [0.717, 1.165) is 4.31 Å². The summed E-state index contributed by atoms with van der Waals surface area (Å²) in [7, 11) is -0.555. The van der Waals surface area contributed by atoms with Gasteiger partial charge < -0.3 is 5.73 Å². The highest BCUT2D eigenvalue weighted by molar-refractivity contribution is 7.89. The molecule has 0 aliphatic rings. The maximum absolute atomic E-state index is 11.6. The van der Waals surface area contributed by atoms with E-state index in [-0.39, 0.29) is 10.5 Å². The molecule has 0 fully saturated rings. The maximum Gasteiger partial charge on any atom is 0.248 e. The predicted molar refractivity (Wildman–Crippen MR) is 55.8 cm³/mol. The van der Waals surface area contributed by atoms with Crippen LogP contribution in [0.2, 0.25) is 0 Å². The van der Waals surface area contributed by atoms with Crippen molar-refractivity contribution in [3.63, 3.8) is 0 Å². The third kappa shape index (κ3) is 2.34. The van der Waals surface area contributed by atoms with Crippen LogP contribution in [0.1, 0.15) is 10.4 Å². The van der Waals surface area contributed by atoms with Gasteiger partial charge in [0.25, 0.3) is 0 Å². The first-order valence-corrected chi connectivity index (χ1v) is 5.62. The number of nitrogens with two attached hydrogens (primary N) is 1. The molecule has 1 rings (SSSR count). The van der Waals surface area contributed by atoms with E-state index in [9.17, 15) is 13.2 Å². The summed E-state index contributed by atoms with van der Waals surface area (Å²) in [5, 5.41) is 0. The van der Waals surface area contributed by atoms with Crippen LogP contribution in [0.5, 0.6) is 0 Å². The normalized spacial score (nSPS) is 11.7. The Morgan fingerprint density at radius 2 is 1.67 bits per heavy atom. The third-order valence-corrected chi connectivity index (χ3v) is 3.75. The minimum atomic E-state index is -3.44. The smallest absolute Gasteiger partial charge is 0.248 e. The minimum Gasteiger partial charge on any atom is -0.366 e. The zero-order valence-electron chi connectivity index (χ0n) is 8.47. The lowest BCUT2D eigenvalue weighted by molar-refractivity contribution is 0.1000. The zero-order valence-corrected chi connectivity index (χ0v) is 9.28. The van der Waals surface area contributed by atoms with E-state index >= 15 is 0 Å². The summed E-state index contributed by atoms with van der Waals surface area (Å²) >= 11 is 0. The minimum absolute atomic E-state index is 0.137. The second kappa shape index (κ2) is 4.00. The Labute approximate surface area is 88.5 Å². The van der Waals surface area contributed by atoms with Gasteiger partial charge in [-0.3, -0.25) is 4.79 Å². The Hall–Kier alpha value is -1.40. The summed E-state index contributed by atoms with van der Waals surface area (Å²) in [6, 6.07) is 5.49. The van der Waals surface area contributed by atoms with Gasteiger partial charge in [-0.15, -0.1) is 0 Å². The molecule has 0 radical (unpaired) electrons. The molecule has 6 heteroatoms. The Morgan fingerprint density at radius 3 is 2.00 bits per heavy atom. The fourth-order valence-electron chi connectivity index (χ4n) is 1.00. The van der Waals surface area contributed by atoms with Gasteiger partial charge in [-0.25, -0.2) is 12.7 Å². The van der Waals surface area contributed by atoms with E-state index in [1.54, 1.807) is 0 Å². The van der Waals surface area contributed by atoms with Crippen molar-refractivity contribution in [2.75, 3.05) is 14.1 Å². The number of primary amides is 1. The highest BCUT2D eigenvalue weighted by atomic mass is 32.2. The van der Waals surface area contributed by atoms with Crippen LogP contribution in [0, 0.1) is 0 Å². The Morgan fingerprint density at radius 1 is 1.20 bits per heavy atom. The third-order valence-electron chi connectivity index (χ3n) is 1.92. The van der Waals surface area contributed by atoms with Crippen molar-refractivity contribution in [3.8, 4) is 0 Å². The number of hydrogen-bond donors (Lipinski definition) is 1. The van der Waals surface area contributed by atoms with Crippen LogP contribution in [0.4, 0.5) is 0 Å². The predicted octanol–water partition coefficient (Wildman–Crippen LogP) is 0.0358. The number of sulfonamides is 1. The molecule has 2 N–H and O–H groups in total. The summed E-state index contributed by atoms with van der Waals surface area (Å²) in [6.07, 6.45) is 0. The van der Waals surface area contributed by atoms with E-state index in [2.05, 4.69) is 0 Å². The van der Waals surface area contributed by atoms with E-state index in [4.69, 9.17) is 5.73 Å². The molecule has 0 heterocycles. The van der Waals surface area contributed by atoms with Gasteiger partial charge in [0.1, 0.15) is 0 Å². The van der Waals surface area contributed by atoms with Gasteiger partial charge in [-0.1, -0.05) is 0 Å². The standard InChI is InChI=1S/C9H12N2O3S/c1-11(2)15(13,14)8-5-3-7(4-6-8)9(10)12/h3-6H,1-2H3,(H2,10,12). The molecule has 0 atom stereocenters. The monoisotopic (exact) mass is 228 g/mol. The van der Waals surface area contributed by atoms with Crippen molar-refractivity contribution in [1.82, 2.24) is 4.31 Å². The van der Waals surface area contributed by atoms with Crippen LogP contribution in [0.25, 0.3) is 0 Å². The summed E-state index contributed by atoms with van der Waals surface area (Å²) in [5.74, 6) is -0.580. The van der Waals surface area contributed by atoms with Crippen LogP contribution in [-0.4, -0.2) is 32.7 Å². The summed E-state index contributed by atoms with van der Waals surface area (Å²) < 4.78 is 24.3. The van der Waals surface area contributed by atoms with Gasteiger partial charge in [0.2, 0.25) is 15.9 Å². The largest absolute Gasteiger partial charge is 0.366 e. The van der Waals surface area contributed by atoms with E-state index < -0.39 is 15.9 Å². The fraction of sp³-hybridized carbons (Fsp3) is 0.222. The van der Waals surface area contributed by atoms with Crippen molar-refractivity contribution >= 4 is 15.9 Å². The lowest BCUT2D eigenvalue weighted by atomic mass is 10.2. The van der Waals surface area contributed by atoms with Crippen LogP contribution in [0.15, 0.2) is 29.2 Å². The molecule has 1 aromatic rings. The highest BCUT2D eigenvalue weighted by Gasteiger charge is 2.16. The molecule has 0 saturated heterocycles. The van der Waals surface area contributed by atoms with Crippen LogP contribution < -0.4 is 5.73 Å². The first kappa shape index (κ1) is 11.7. The van der Waals surface area contributed by atoms with Gasteiger partial charge in [-0.05, 0) is 24.3 Å². The SMILES string of the molecule is CN(C)S(=O)(=O)c1ccc(C(N)=O)cc1. The molecular weight excluding hydrogens is 216 g/mol. The quantitative estimate of drug-likeness (QED) is 0.792. The van der Waals surface area contributed by atoms with Crippen LogP contribution >= 0.6 is 0 Å². The number of rotatable bonds is 3. The molecule has 1 aromatic carbocycles. The lowest BCUT2D eigenvalue weighted by Crippen LogP contribution is -2.22. The molecular formula is C9H12N2O3S. The number of carbonyl (C=O) groups is 1. The molecule has 0 aromatic heterocycles. The van der Waals surface area contributed by atoms with Crippen LogP contribution in [-0.2, 0) is 10.0 Å². The number of hydrogen-bond acceptors (Lipinski definition) is 3. The molecule has 82 valence electrons. The Kier molecular flexibility index (Phi) is 3.11. The highest BCUT2D eigenvalue weighted by Crippen LogP contribution is 2.13. The summed E-state index contributed by atoms with van der Waals surface area (Å²) in [5.41, 5.74) is 5.32. The lowest BCUT2D eigenvalue weighted by Gasteiger charge is -2.10. The van der Waals surface area contributed by atoms with Gasteiger partial charge in [-0.2, -0.15) is 0 Å². The molecule has 1 amide bonds. The molecule has 5 nitrogen and oxygen atoms in total. The average molecular weight is 228 g/mol. The second-order valence-corrected chi connectivity index (χ2v) is 5.33. The topological polar surface area (TPSA) is 80.5 Å². The second-order valence-electron chi connectivity index (χ2n) is 3.18. The van der Waals surface area contributed by atoms with E-state index in [1.165, 1.54) is 38.4 Å². The molecule has 0 bridgehead atoms. The van der Waals surface area contributed by atoms with Gasteiger partial charge in [0.05, 0.1) is 4.90 Å². The average Bonchev–Trinajstić information content (AvgIpc) is 2.17.